The average molecular weight is 360 g/mol. The Labute approximate surface area is 157 Å². The van der Waals surface area contributed by atoms with E-state index in [1.165, 1.54) is 37.7 Å². The van der Waals surface area contributed by atoms with E-state index in [2.05, 4.69) is 39.4 Å². The van der Waals surface area contributed by atoms with Gasteiger partial charge in [0, 0.05) is 26.2 Å². The first-order valence-electron chi connectivity index (χ1n) is 10.2. The molecule has 1 N–H and O–H groups in total. The molecule has 0 bridgehead atoms. The minimum atomic E-state index is 0.142. The molecule has 2 fully saturated rings. The molecule has 26 heavy (non-hydrogen) atoms. The summed E-state index contributed by atoms with van der Waals surface area (Å²) >= 11 is 0. The van der Waals surface area contributed by atoms with Gasteiger partial charge in [0.2, 0.25) is 5.91 Å². The minimum Gasteiger partial charge on any atom is -0.379 e. The van der Waals surface area contributed by atoms with E-state index in [-0.39, 0.29) is 5.91 Å². The molecule has 1 aromatic rings. The third kappa shape index (κ3) is 6.71. The SMILES string of the molecule is O=C(CN1CCCCCCC1)NCc1ccc(CN2CCOCC2)cc1. The summed E-state index contributed by atoms with van der Waals surface area (Å²) in [4.78, 5) is 17.0. The van der Waals surface area contributed by atoms with Crippen molar-refractivity contribution in [3.63, 3.8) is 0 Å². The second-order valence-corrected chi connectivity index (χ2v) is 7.53. The summed E-state index contributed by atoms with van der Waals surface area (Å²) in [5.41, 5.74) is 2.49. The highest BCUT2D eigenvalue weighted by molar-refractivity contribution is 5.78. The highest BCUT2D eigenvalue weighted by Crippen LogP contribution is 2.11. The van der Waals surface area contributed by atoms with Gasteiger partial charge in [0.15, 0.2) is 0 Å². The van der Waals surface area contributed by atoms with Crippen LogP contribution in [0.4, 0.5) is 0 Å². The van der Waals surface area contributed by atoms with Gasteiger partial charge in [0.1, 0.15) is 0 Å². The lowest BCUT2D eigenvalue weighted by Crippen LogP contribution is -2.38. The highest BCUT2D eigenvalue weighted by atomic mass is 16.5. The van der Waals surface area contributed by atoms with Crippen LogP contribution >= 0.6 is 0 Å². The van der Waals surface area contributed by atoms with Crippen LogP contribution in [0.3, 0.4) is 0 Å². The van der Waals surface area contributed by atoms with Gasteiger partial charge in [-0.1, -0.05) is 43.5 Å². The molecule has 0 radical (unpaired) electrons. The largest absolute Gasteiger partial charge is 0.379 e. The Kier molecular flexibility index (Phi) is 7.92. The number of carbonyl (C=O) groups excluding carboxylic acids is 1. The lowest BCUT2D eigenvalue weighted by molar-refractivity contribution is -0.122. The van der Waals surface area contributed by atoms with E-state index >= 15 is 0 Å². The normalized spacial score (nSPS) is 20.3. The maximum atomic E-state index is 12.2. The zero-order valence-electron chi connectivity index (χ0n) is 15.9. The van der Waals surface area contributed by atoms with Gasteiger partial charge in [-0.3, -0.25) is 14.6 Å². The average Bonchev–Trinajstić information content (AvgIpc) is 2.64. The number of hydrogen-bond donors (Lipinski definition) is 1. The summed E-state index contributed by atoms with van der Waals surface area (Å²) in [5.74, 6) is 0.142. The molecular weight excluding hydrogens is 326 g/mol. The number of hydrogen-bond acceptors (Lipinski definition) is 4. The maximum Gasteiger partial charge on any atom is 0.234 e. The predicted molar refractivity (Wildman–Crippen MR) is 104 cm³/mol. The van der Waals surface area contributed by atoms with E-state index in [1.54, 1.807) is 0 Å². The van der Waals surface area contributed by atoms with Crippen molar-refractivity contribution in [3.8, 4) is 0 Å². The maximum absolute atomic E-state index is 12.2. The Bertz CT molecular complexity index is 533. The number of likely N-dealkylation sites (tertiary alicyclic amines) is 1. The van der Waals surface area contributed by atoms with Crippen LogP contribution in [0.25, 0.3) is 0 Å². The van der Waals surface area contributed by atoms with Gasteiger partial charge in [-0.05, 0) is 37.1 Å². The smallest absolute Gasteiger partial charge is 0.234 e. The minimum absolute atomic E-state index is 0.142. The number of nitrogens with zero attached hydrogens (tertiary/aromatic N) is 2. The number of benzene rings is 1. The molecule has 0 spiro atoms. The van der Waals surface area contributed by atoms with Gasteiger partial charge >= 0.3 is 0 Å². The zero-order chi connectivity index (χ0) is 18.0. The monoisotopic (exact) mass is 359 g/mol. The standard InChI is InChI=1S/C21H33N3O2/c25-21(18-23-10-4-2-1-3-5-11-23)22-16-19-6-8-20(9-7-19)17-24-12-14-26-15-13-24/h6-9H,1-5,10-18H2,(H,22,25). The fourth-order valence-electron chi connectivity index (χ4n) is 3.71. The van der Waals surface area contributed by atoms with E-state index in [0.29, 0.717) is 13.1 Å². The van der Waals surface area contributed by atoms with E-state index in [0.717, 1.165) is 51.5 Å². The van der Waals surface area contributed by atoms with Gasteiger partial charge in [-0.2, -0.15) is 0 Å². The van der Waals surface area contributed by atoms with E-state index < -0.39 is 0 Å². The molecule has 0 saturated carbocycles. The fraction of sp³-hybridized carbons (Fsp3) is 0.667. The number of morpholine rings is 1. The number of ether oxygens (including phenoxy) is 1. The van der Waals surface area contributed by atoms with E-state index in [9.17, 15) is 4.79 Å². The van der Waals surface area contributed by atoms with Crippen LogP contribution in [0.15, 0.2) is 24.3 Å². The highest BCUT2D eigenvalue weighted by Gasteiger charge is 2.13. The molecule has 0 aliphatic carbocycles. The molecule has 5 heteroatoms. The van der Waals surface area contributed by atoms with Crippen LogP contribution in [-0.2, 0) is 22.6 Å². The topological polar surface area (TPSA) is 44.8 Å². The van der Waals surface area contributed by atoms with Gasteiger partial charge in [0.05, 0.1) is 19.8 Å². The summed E-state index contributed by atoms with van der Waals surface area (Å²) in [6, 6.07) is 8.61. The Morgan fingerprint density at radius 3 is 2.15 bits per heavy atom. The Balaban J connectivity index is 1.38. The van der Waals surface area contributed by atoms with Crippen molar-refractivity contribution in [3.05, 3.63) is 35.4 Å². The third-order valence-corrected chi connectivity index (χ3v) is 5.34. The van der Waals surface area contributed by atoms with Crippen molar-refractivity contribution in [1.82, 2.24) is 15.1 Å². The Morgan fingerprint density at radius 2 is 1.46 bits per heavy atom. The molecule has 2 saturated heterocycles. The summed E-state index contributed by atoms with van der Waals surface area (Å²) in [5, 5.41) is 3.08. The van der Waals surface area contributed by atoms with Gasteiger partial charge in [0.25, 0.3) is 0 Å². The van der Waals surface area contributed by atoms with E-state index in [4.69, 9.17) is 4.74 Å². The molecular formula is C21H33N3O2. The van der Waals surface area contributed by atoms with Crippen LogP contribution in [0.2, 0.25) is 0 Å². The van der Waals surface area contributed by atoms with Crippen molar-refractivity contribution in [2.24, 2.45) is 0 Å². The lowest BCUT2D eigenvalue weighted by atomic mass is 10.1. The quantitative estimate of drug-likeness (QED) is 0.847. The molecule has 1 amide bonds. The Hall–Kier alpha value is -1.43. The molecule has 2 aliphatic heterocycles. The molecule has 1 aromatic carbocycles. The predicted octanol–water partition coefficient (Wildman–Crippen LogP) is 2.40. The van der Waals surface area contributed by atoms with Crippen LogP contribution in [0.5, 0.6) is 0 Å². The lowest BCUT2D eigenvalue weighted by Gasteiger charge is -2.26. The van der Waals surface area contributed by atoms with Crippen LogP contribution in [0, 0.1) is 0 Å². The van der Waals surface area contributed by atoms with Crippen LogP contribution < -0.4 is 5.32 Å². The van der Waals surface area contributed by atoms with Crippen molar-refractivity contribution in [2.75, 3.05) is 45.9 Å². The number of carbonyl (C=O) groups is 1. The van der Waals surface area contributed by atoms with Crippen molar-refractivity contribution >= 4 is 5.91 Å². The van der Waals surface area contributed by atoms with Crippen LogP contribution in [-0.4, -0.2) is 61.6 Å². The molecule has 144 valence electrons. The molecule has 2 aliphatic rings. The molecule has 0 unspecified atom stereocenters. The Morgan fingerprint density at radius 1 is 0.846 bits per heavy atom. The molecule has 2 heterocycles. The van der Waals surface area contributed by atoms with Crippen molar-refractivity contribution in [2.45, 2.75) is 45.2 Å². The first-order chi connectivity index (χ1) is 12.8. The zero-order valence-corrected chi connectivity index (χ0v) is 15.9. The molecule has 3 rings (SSSR count). The number of amides is 1. The summed E-state index contributed by atoms with van der Waals surface area (Å²) in [6.07, 6.45) is 6.39. The van der Waals surface area contributed by atoms with Gasteiger partial charge < -0.3 is 10.1 Å². The molecule has 0 aromatic heterocycles. The van der Waals surface area contributed by atoms with Crippen LogP contribution in [0.1, 0.15) is 43.2 Å². The van der Waals surface area contributed by atoms with Crippen molar-refractivity contribution < 1.29 is 9.53 Å². The summed E-state index contributed by atoms with van der Waals surface area (Å²) in [6.45, 7) is 7.93. The summed E-state index contributed by atoms with van der Waals surface area (Å²) < 4.78 is 5.39. The first kappa shape index (κ1) is 19.3. The third-order valence-electron chi connectivity index (χ3n) is 5.34. The molecule has 5 nitrogen and oxygen atoms in total. The van der Waals surface area contributed by atoms with Gasteiger partial charge in [-0.25, -0.2) is 0 Å². The second kappa shape index (κ2) is 10.7. The number of nitrogens with one attached hydrogen (secondary N) is 1. The number of rotatable bonds is 6. The fourth-order valence-corrected chi connectivity index (χ4v) is 3.71. The van der Waals surface area contributed by atoms with E-state index in [1.807, 2.05) is 0 Å². The first-order valence-corrected chi connectivity index (χ1v) is 10.2. The van der Waals surface area contributed by atoms with Crippen molar-refractivity contribution in [1.29, 1.82) is 0 Å². The second-order valence-electron chi connectivity index (χ2n) is 7.53. The van der Waals surface area contributed by atoms with Gasteiger partial charge in [-0.15, -0.1) is 0 Å². The summed E-state index contributed by atoms with van der Waals surface area (Å²) in [7, 11) is 0. The molecule has 0 atom stereocenters.